The maximum Gasteiger partial charge on any atom is 0.343 e. The summed E-state index contributed by atoms with van der Waals surface area (Å²) in [5.41, 5.74) is 2.77. The second-order valence-corrected chi connectivity index (χ2v) is 5.04. The van der Waals surface area contributed by atoms with E-state index in [2.05, 4.69) is 15.9 Å². The van der Waals surface area contributed by atoms with Crippen LogP contribution in [0.4, 0.5) is 0 Å². The number of halogens is 1. The Kier molecular flexibility index (Phi) is 3.82. The molecule has 0 atom stereocenters. The molecular weight excluding hydrogens is 292 g/mol. The van der Waals surface area contributed by atoms with Crippen LogP contribution < -0.4 is 4.74 Å². The Morgan fingerprint density at radius 2 is 1.61 bits per heavy atom. The molecule has 0 aliphatic heterocycles. The fraction of sp³-hybridized carbons (Fsp3) is 0.133. The van der Waals surface area contributed by atoms with Crippen LogP contribution in [-0.2, 0) is 0 Å². The number of aryl methyl sites for hydroxylation is 2. The maximum absolute atomic E-state index is 11.9. The Balaban J connectivity index is 2.18. The number of hydrogen-bond acceptors (Lipinski definition) is 2. The lowest BCUT2D eigenvalue weighted by molar-refractivity contribution is 0.0733. The van der Waals surface area contributed by atoms with E-state index >= 15 is 0 Å². The summed E-state index contributed by atoms with van der Waals surface area (Å²) in [6.07, 6.45) is 0. The lowest BCUT2D eigenvalue weighted by Crippen LogP contribution is -2.08. The molecule has 0 aliphatic rings. The van der Waals surface area contributed by atoms with Crippen LogP contribution in [0.3, 0.4) is 0 Å². The number of rotatable bonds is 2. The number of hydrogen-bond donors (Lipinski definition) is 0. The van der Waals surface area contributed by atoms with Crippen molar-refractivity contribution in [3.8, 4) is 5.75 Å². The van der Waals surface area contributed by atoms with Crippen LogP contribution in [-0.4, -0.2) is 5.97 Å². The first-order valence-electron chi connectivity index (χ1n) is 5.61. The minimum atomic E-state index is -0.348. The van der Waals surface area contributed by atoms with E-state index in [-0.39, 0.29) is 5.97 Å². The molecule has 2 aromatic rings. The van der Waals surface area contributed by atoms with Crippen molar-refractivity contribution >= 4 is 21.9 Å². The maximum atomic E-state index is 11.9. The van der Waals surface area contributed by atoms with Gasteiger partial charge < -0.3 is 4.74 Å². The van der Waals surface area contributed by atoms with Crippen LogP contribution in [0.5, 0.6) is 5.75 Å². The average Bonchev–Trinajstić information content (AvgIpc) is 2.33. The van der Waals surface area contributed by atoms with Gasteiger partial charge in [0.05, 0.1) is 10.0 Å². The fourth-order valence-electron chi connectivity index (χ4n) is 1.54. The van der Waals surface area contributed by atoms with Crippen LogP contribution in [0, 0.1) is 13.8 Å². The van der Waals surface area contributed by atoms with Gasteiger partial charge in [0.15, 0.2) is 0 Å². The first kappa shape index (κ1) is 12.8. The third-order valence-electron chi connectivity index (χ3n) is 2.58. The molecule has 92 valence electrons. The Morgan fingerprint density at radius 3 is 2.22 bits per heavy atom. The van der Waals surface area contributed by atoms with Crippen molar-refractivity contribution < 1.29 is 9.53 Å². The molecule has 0 N–H and O–H groups in total. The van der Waals surface area contributed by atoms with Crippen molar-refractivity contribution in [1.29, 1.82) is 0 Å². The predicted molar refractivity (Wildman–Crippen MR) is 75.0 cm³/mol. The first-order valence-corrected chi connectivity index (χ1v) is 6.40. The summed E-state index contributed by atoms with van der Waals surface area (Å²) < 4.78 is 6.12. The molecule has 0 heterocycles. The average molecular weight is 305 g/mol. The Hall–Kier alpha value is -1.61. The van der Waals surface area contributed by atoms with Gasteiger partial charge in [-0.05, 0) is 59.6 Å². The summed E-state index contributed by atoms with van der Waals surface area (Å²) in [7, 11) is 0. The van der Waals surface area contributed by atoms with Crippen molar-refractivity contribution in [3.63, 3.8) is 0 Å². The molecule has 0 aliphatic carbocycles. The minimum absolute atomic E-state index is 0.348. The summed E-state index contributed by atoms with van der Waals surface area (Å²) in [6.45, 7) is 3.96. The molecule has 2 rings (SSSR count). The van der Waals surface area contributed by atoms with Crippen LogP contribution in [0.15, 0.2) is 46.9 Å². The van der Waals surface area contributed by atoms with Gasteiger partial charge in [-0.3, -0.25) is 0 Å². The highest BCUT2D eigenvalue weighted by Crippen LogP contribution is 2.26. The smallest absolute Gasteiger partial charge is 0.343 e. The van der Waals surface area contributed by atoms with Gasteiger partial charge in [0, 0.05) is 0 Å². The normalized spacial score (nSPS) is 10.2. The summed E-state index contributed by atoms with van der Waals surface area (Å²) in [5.74, 6) is 0.186. The Labute approximate surface area is 115 Å². The van der Waals surface area contributed by atoms with Crippen molar-refractivity contribution in [2.75, 3.05) is 0 Å². The van der Waals surface area contributed by atoms with E-state index < -0.39 is 0 Å². The fourth-order valence-corrected chi connectivity index (χ4v) is 2.11. The van der Waals surface area contributed by atoms with E-state index in [0.717, 1.165) is 15.6 Å². The van der Waals surface area contributed by atoms with Gasteiger partial charge in [-0.25, -0.2) is 4.79 Å². The Bertz CT molecular complexity index is 574. The third kappa shape index (κ3) is 2.99. The molecule has 0 bridgehead atoms. The van der Waals surface area contributed by atoms with Crippen molar-refractivity contribution in [2.24, 2.45) is 0 Å². The van der Waals surface area contributed by atoms with Crippen LogP contribution >= 0.6 is 15.9 Å². The van der Waals surface area contributed by atoms with E-state index in [1.807, 2.05) is 38.1 Å². The molecule has 18 heavy (non-hydrogen) atoms. The van der Waals surface area contributed by atoms with Crippen LogP contribution in [0.25, 0.3) is 0 Å². The van der Waals surface area contributed by atoms with E-state index in [1.54, 1.807) is 18.2 Å². The van der Waals surface area contributed by atoms with E-state index in [0.29, 0.717) is 11.3 Å². The van der Waals surface area contributed by atoms with Crippen molar-refractivity contribution in [1.82, 2.24) is 0 Å². The van der Waals surface area contributed by atoms with Gasteiger partial charge >= 0.3 is 5.97 Å². The third-order valence-corrected chi connectivity index (χ3v) is 3.20. The highest BCUT2D eigenvalue weighted by molar-refractivity contribution is 9.10. The lowest BCUT2D eigenvalue weighted by atomic mass is 10.1. The molecule has 0 unspecified atom stereocenters. The van der Waals surface area contributed by atoms with Crippen molar-refractivity contribution in [3.05, 3.63) is 63.6 Å². The van der Waals surface area contributed by atoms with Gasteiger partial charge in [0.25, 0.3) is 0 Å². The number of carbonyl (C=O) groups excluding carboxylic acids is 1. The zero-order chi connectivity index (χ0) is 13.1. The summed E-state index contributed by atoms with van der Waals surface area (Å²) in [6, 6.07) is 12.9. The quantitative estimate of drug-likeness (QED) is 0.611. The van der Waals surface area contributed by atoms with Gasteiger partial charge in [-0.1, -0.05) is 23.8 Å². The molecule has 0 aromatic heterocycles. The molecule has 0 spiro atoms. The minimum Gasteiger partial charge on any atom is -0.422 e. The summed E-state index contributed by atoms with van der Waals surface area (Å²) in [4.78, 5) is 11.9. The SMILES string of the molecule is Cc1ccc(C(=O)Oc2ccc(C)cc2Br)cc1. The lowest BCUT2D eigenvalue weighted by Gasteiger charge is -2.07. The molecular formula is C15H13BrO2. The standard InChI is InChI=1S/C15H13BrO2/c1-10-3-6-12(7-4-10)15(17)18-14-8-5-11(2)9-13(14)16/h3-9H,1-2H3. The zero-order valence-electron chi connectivity index (χ0n) is 10.2. The predicted octanol–water partition coefficient (Wildman–Crippen LogP) is 4.29. The number of esters is 1. The molecule has 0 amide bonds. The molecule has 2 nitrogen and oxygen atoms in total. The molecule has 0 fully saturated rings. The Morgan fingerprint density at radius 1 is 1.00 bits per heavy atom. The van der Waals surface area contributed by atoms with E-state index in [4.69, 9.17) is 4.74 Å². The summed E-state index contributed by atoms with van der Waals surface area (Å²) in [5, 5.41) is 0. The number of carbonyl (C=O) groups is 1. The topological polar surface area (TPSA) is 26.3 Å². The second kappa shape index (κ2) is 5.36. The van der Waals surface area contributed by atoms with Crippen LogP contribution in [0.2, 0.25) is 0 Å². The van der Waals surface area contributed by atoms with Crippen molar-refractivity contribution in [2.45, 2.75) is 13.8 Å². The van der Waals surface area contributed by atoms with E-state index in [1.165, 1.54) is 0 Å². The molecule has 0 saturated carbocycles. The molecule has 0 saturated heterocycles. The highest BCUT2D eigenvalue weighted by Gasteiger charge is 2.10. The second-order valence-electron chi connectivity index (χ2n) is 4.19. The molecule has 0 radical (unpaired) electrons. The van der Waals surface area contributed by atoms with Crippen LogP contribution in [0.1, 0.15) is 21.5 Å². The van der Waals surface area contributed by atoms with Gasteiger partial charge in [0.2, 0.25) is 0 Å². The summed E-state index contributed by atoms with van der Waals surface area (Å²) >= 11 is 3.38. The first-order chi connectivity index (χ1) is 8.56. The number of ether oxygens (including phenoxy) is 1. The van der Waals surface area contributed by atoms with Gasteiger partial charge in [-0.15, -0.1) is 0 Å². The molecule has 2 aromatic carbocycles. The molecule has 3 heteroatoms. The zero-order valence-corrected chi connectivity index (χ0v) is 11.8. The largest absolute Gasteiger partial charge is 0.422 e. The number of benzene rings is 2. The van der Waals surface area contributed by atoms with Gasteiger partial charge in [-0.2, -0.15) is 0 Å². The highest BCUT2D eigenvalue weighted by atomic mass is 79.9. The monoisotopic (exact) mass is 304 g/mol. The van der Waals surface area contributed by atoms with Gasteiger partial charge in [0.1, 0.15) is 5.75 Å². The van der Waals surface area contributed by atoms with E-state index in [9.17, 15) is 4.79 Å².